The zero-order valence-electron chi connectivity index (χ0n) is 12.4. The molecule has 0 aliphatic carbocycles. The van der Waals surface area contributed by atoms with Crippen LogP contribution in [0.2, 0.25) is 5.02 Å². The van der Waals surface area contributed by atoms with Crippen LogP contribution in [0, 0.1) is 11.3 Å². The summed E-state index contributed by atoms with van der Waals surface area (Å²) in [6.45, 7) is 0. The van der Waals surface area contributed by atoms with Crippen molar-refractivity contribution in [3.05, 3.63) is 64.7 Å². The van der Waals surface area contributed by atoms with Gasteiger partial charge in [0.15, 0.2) is 6.10 Å². The third-order valence-corrected chi connectivity index (χ3v) is 3.63. The summed E-state index contributed by atoms with van der Waals surface area (Å²) in [5.41, 5.74) is 0.848. The predicted molar refractivity (Wildman–Crippen MR) is 85.9 cm³/mol. The fourth-order valence-electron chi connectivity index (χ4n) is 2.07. The highest BCUT2D eigenvalue weighted by Crippen LogP contribution is 2.24. The van der Waals surface area contributed by atoms with Crippen molar-refractivity contribution in [3.8, 4) is 11.8 Å². The monoisotopic (exact) mass is 330 g/mol. The molecule has 6 heteroatoms. The Morgan fingerprint density at radius 1 is 1.30 bits per heavy atom. The molecule has 0 radical (unpaired) electrons. The zero-order valence-corrected chi connectivity index (χ0v) is 13.1. The Hall–Kier alpha value is -2.55. The largest absolute Gasteiger partial charge is 0.497 e. The Kier molecular flexibility index (Phi) is 5.58. The highest BCUT2D eigenvalue weighted by atomic mass is 35.5. The van der Waals surface area contributed by atoms with Crippen molar-refractivity contribution in [2.45, 2.75) is 12.1 Å². The Balaban J connectivity index is 2.16. The Morgan fingerprint density at radius 3 is 2.70 bits per heavy atom. The highest BCUT2D eigenvalue weighted by molar-refractivity contribution is 6.31. The predicted octanol–water partition coefficient (Wildman–Crippen LogP) is 2.76. The van der Waals surface area contributed by atoms with E-state index >= 15 is 0 Å². The van der Waals surface area contributed by atoms with Crippen molar-refractivity contribution < 1.29 is 14.6 Å². The van der Waals surface area contributed by atoms with Crippen LogP contribution in [0.15, 0.2) is 48.5 Å². The number of rotatable bonds is 5. The summed E-state index contributed by atoms with van der Waals surface area (Å²) in [6, 6.07) is 14.3. The van der Waals surface area contributed by atoms with Gasteiger partial charge in [-0.05, 0) is 23.8 Å². The van der Waals surface area contributed by atoms with Crippen LogP contribution in [0.5, 0.6) is 5.75 Å². The number of benzene rings is 2. The molecule has 0 fully saturated rings. The first-order valence-corrected chi connectivity index (χ1v) is 7.21. The van der Waals surface area contributed by atoms with Crippen molar-refractivity contribution in [3.63, 3.8) is 0 Å². The van der Waals surface area contributed by atoms with Gasteiger partial charge < -0.3 is 15.2 Å². The van der Waals surface area contributed by atoms with Crippen molar-refractivity contribution in [2.24, 2.45) is 0 Å². The van der Waals surface area contributed by atoms with Crippen LogP contribution < -0.4 is 10.1 Å². The van der Waals surface area contributed by atoms with Gasteiger partial charge >= 0.3 is 0 Å². The number of carbonyl (C=O) groups excluding carboxylic acids is 1. The lowest BCUT2D eigenvalue weighted by atomic mass is 10.1. The fraction of sp³-hybridized carbons (Fsp3) is 0.176. The van der Waals surface area contributed by atoms with Gasteiger partial charge in [0.25, 0.3) is 5.91 Å². The minimum atomic E-state index is -1.41. The lowest BCUT2D eigenvalue weighted by molar-refractivity contribution is -0.130. The van der Waals surface area contributed by atoms with Gasteiger partial charge in [0.2, 0.25) is 0 Å². The number of hydrogen-bond acceptors (Lipinski definition) is 4. The first kappa shape index (κ1) is 16.8. The van der Waals surface area contributed by atoms with Gasteiger partial charge in [-0.25, -0.2) is 0 Å². The van der Waals surface area contributed by atoms with E-state index in [0.29, 0.717) is 21.9 Å². The van der Waals surface area contributed by atoms with Crippen molar-refractivity contribution in [2.75, 3.05) is 7.11 Å². The van der Waals surface area contributed by atoms with Crippen LogP contribution in [0.3, 0.4) is 0 Å². The van der Waals surface area contributed by atoms with Crippen LogP contribution in [0.25, 0.3) is 0 Å². The molecular formula is C17H15ClN2O3. The van der Waals surface area contributed by atoms with Gasteiger partial charge in [0.1, 0.15) is 11.8 Å². The number of aliphatic hydroxyl groups is 1. The van der Waals surface area contributed by atoms with Gasteiger partial charge in [0, 0.05) is 10.6 Å². The minimum Gasteiger partial charge on any atom is -0.497 e. The van der Waals surface area contributed by atoms with Gasteiger partial charge in [-0.1, -0.05) is 41.9 Å². The molecule has 5 nitrogen and oxygen atoms in total. The maximum atomic E-state index is 12.2. The molecule has 1 amide bonds. The molecule has 0 aliphatic heterocycles. The average Bonchev–Trinajstić information content (AvgIpc) is 2.59. The number of carbonyl (C=O) groups is 1. The summed E-state index contributed by atoms with van der Waals surface area (Å²) in [7, 11) is 1.49. The number of hydrogen-bond donors (Lipinski definition) is 2. The molecule has 2 aromatic rings. The maximum Gasteiger partial charge on any atom is 0.254 e. The standard InChI is InChI=1S/C17H15ClN2O3/c1-23-12-6-4-5-11(9-12)16(21)17(22)20-15(10-19)13-7-2-3-8-14(13)18/h2-9,15-16,21H,1H3,(H,20,22)/t15-,16-/m1/s1. The Morgan fingerprint density at radius 2 is 2.04 bits per heavy atom. The van der Waals surface area contributed by atoms with E-state index in [-0.39, 0.29) is 0 Å². The second-order valence-electron chi connectivity index (χ2n) is 4.77. The lowest BCUT2D eigenvalue weighted by Gasteiger charge is -2.17. The number of aliphatic hydroxyl groups excluding tert-OH is 1. The zero-order chi connectivity index (χ0) is 16.8. The summed E-state index contributed by atoms with van der Waals surface area (Å²) in [5, 5.41) is 22.3. The summed E-state index contributed by atoms with van der Waals surface area (Å²) >= 11 is 6.04. The Labute approximate surface area is 139 Å². The van der Waals surface area contributed by atoms with Gasteiger partial charge in [-0.3, -0.25) is 4.79 Å². The second-order valence-corrected chi connectivity index (χ2v) is 5.18. The molecule has 2 atom stereocenters. The van der Waals surface area contributed by atoms with Crippen LogP contribution >= 0.6 is 11.6 Å². The number of amides is 1. The lowest BCUT2D eigenvalue weighted by Crippen LogP contribution is -2.32. The molecule has 23 heavy (non-hydrogen) atoms. The number of ether oxygens (including phenoxy) is 1. The number of methoxy groups -OCH3 is 1. The van der Waals surface area contributed by atoms with E-state index in [9.17, 15) is 15.2 Å². The molecule has 0 unspecified atom stereocenters. The molecule has 0 aromatic heterocycles. The molecule has 0 saturated heterocycles. The normalized spacial score (nSPS) is 12.8. The molecule has 0 aliphatic rings. The third-order valence-electron chi connectivity index (χ3n) is 3.29. The van der Waals surface area contributed by atoms with Crippen LogP contribution in [-0.4, -0.2) is 18.1 Å². The van der Waals surface area contributed by atoms with E-state index in [2.05, 4.69) is 5.32 Å². The first-order valence-electron chi connectivity index (χ1n) is 6.83. The van der Waals surface area contributed by atoms with E-state index in [4.69, 9.17) is 16.3 Å². The van der Waals surface area contributed by atoms with E-state index in [1.165, 1.54) is 7.11 Å². The number of nitriles is 1. The molecule has 2 aromatic carbocycles. The summed E-state index contributed by atoms with van der Waals surface area (Å²) in [5.74, 6) is -0.165. The summed E-state index contributed by atoms with van der Waals surface area (Å²) < 4.78 is 5.06. The minimum absolute atomic E-state index is 0.371. The summed E-state index contributed by atoms with van der Waals surface area (Å²) in [6.07, 6.45) is -1.41. The van der Waals surface area contributed by atoms with Gasteiger partial charge in [0.05, 0.1) is 13.2 Å². The van der Waals surface area contributed by atoms with Crippen LogP contribution in [0.1, 0.15) is 23.3 Å². The number of nitrogens with one attached hydrogen (secondary N) is 1. The van der Waals surface area contributed by atoms with Gasteiger partial charge in [-0.15, -0.1) is 0 Å². The van der Waals surface area contributed by atoms with E-state index in [0.717, 1.165) is 0 Å². The number of halogens is 1. The summed E-state index contributed by atoms with van der Waals surface area (Å²) in [4.78, 5) is 12.2. The van der Waals surface area contributed by atoms with Crippen LogP contribution in [-0.2, 0) is 4.79 Å². The Bertz CT molecular complexity index is 743. The topological polar surface area (TPSA) is 82.3 Å². The quantitative estimate of drug-likeness (QED) is 0.883. The van der Waals surface area contributed by atoms with Gasteiger partial charge in [-0.2, -0.15) is 5.26 Å². The number of nitrogens with zero attached hydrogens (tertiary/aromatic N) is 1. The fourth-order valence-corrected chi connectivity index (χ4v) is 2.32. The maximum absolute atomic E-state index is 12.2. The molecule has 2 rings (SSSR count). The average molecular weight is 331 g/mol. The van der Waals surface area contributed by atoms with E-state index in [1.54, 1.807) is 48.5 Å². The van der Waals surface area contributed by atoms with E-state index < -0.39 is 18.1 Å². The highest BCUT2D eigenvalue weighted by Gasteiger charge is 2.23. The molecule has 0 heterocycles. The van der Waals surface area contributed by atoms with Crippen molar-refractivity contribution in [1.29, 1.82) is 5.26 Å². The second kappa shape index (κ2) is 7.63. The molecular weight excluding hydrogens is 316 g/mol. The van der Waals surface area contributed by atoms with Crippen molar-refractivity contribution in [1.82, 2.24) is 5.32 Å². The van der Waals surface area contributed by atoms with Crippen molar-refractivity contribution >= 4 is 17.5 Å². The molecule has 118 valence electrons. The smallest absolute Gasteiger partial charge is 0.254 e. The molecule has 0 spiro atoms. The van der Waals surface area contributed by atoms with Crippen LogP contribution in [0.4, 0.5) is 0 Å². The first-order chi connectivity index (χ1) is 11.1. The van der Waals surface area contributed by atoms with E-state index in [1.807, 2.05) is 6.07 Å². The molecule has 2 N–H and O–H groups in total. The third kappa shape index (κ3) is 4.01. The molecule has 0 bridgehead atoms. The molecule has 0 saturated carbocycles. The SMILES string of the molecule is COc1cccc([C@@H](O)C(=O)N[C@H](C#N)c2ccccc2Cl)c1.